The predicted molar refractivity (Wildman–Crippen MR) is 91.8 cm³/mol. The van der Waals surface area contributed by atoms with E-state index in [1.807, 2.05) is 6.92 Å². The lowest BCUT2D eigenvalue weighted by atomic mass is 9.96. The van der Waals surface area contributed by atoms with Crippen LogP contribution in [0, 0.1) is 5.92 Å². The van der Waals surface area contributed by atoms with Crippen molar-refractivity contribution in [3.8, 4) is 0 Å². The number of amides is 1. The Balaban J connectivity index is 1.77. The Hall–Kier alpha value is -2.41. The Morgan fingerprint density at radius 2 is 2.08 bits per heavy atom. The molecule has 1 unspecified atom stereocenters. The average molecular weight is 330 g/mol. The zero-order valence-electron chi connectivity index (χ0n) is 13.7. The second kappa shape index (κ2) is 6.24. The molecule has 0 radical (unpaired) electrons. The van der Waals surface area contributed by atoms with Crippen molar-refractivity contribution in [2.24, 2.45) is 11.7 Å². The first-order chi connectivity index (χ1) is 11.4. The van der Waals surface area contributed by atoms with E-state index < -0.39 is 11.2 Å². The minimum absolute atomic E-state index is 0.142. The number of aromatic amines is 1. The van der Waals surface area contributed by atoms with Gasteiger partial charge in [-0.2, -0.15) is 0 Å². The quantitative estimate of drug-likeness (QED) is 0.708. The highest BCUT2D eigenvalue weighted by molar-refractivity contribution is 5.79. The van der Waals surface area contributed by atoms with Gasteiger partial charge in [0.15, 0.2) is 0 Å². The van der Waals surface area contributed by atoms with Gasteiger partial charge in [-0.1, -0.05) is 12.1 Å². The largest absolute Gasteiger partial charge is 0.349 e. The molecule has 2 aromatic rings. The number of hydrogen-bond donors (Lipinski definition) is 3. The van der Waals surface area contributed by atoms with E-state index in [0.29, 0.717) is 23.4 Å². The smallest absolute Gasteiger partial charge is 0.328 e. The summed E-state index contributed by atoms with van der Waals surface area (Å²) in [6.07, 6.45) is 2.31. The maximum absolute atomic E-state index is 12.3. The SMILES string of the molecule is CC(CN)(NC(=O)CCn1c(=O)[nH]c(=O)c2ccccc21)C1CC1. The van der Waals surface area contributed by atoms with E-state index in [2.05, 4.69) is 10.3 Å². The number of hydrogen-bond acceptors (Lipinski definition) is 4. The van der Waals surface area contributed by atoms with E-state index >= 15 is 0 Å². The number of nitrogens with one attached hydrogen (secondary N) is 2. The molecule has 7 nitrogen and oxygen atoms in total. The molecule has 1 aromatic carbocycles. The van der Waals surface area contributed by atoms with Gasteiger partial charge in [0.25, 0.3) is 5.56 Å². The summed E-state index contributed by atoms with van der Waals surface area (Å²) in [4.78, 5) is 38.5. The molecule has 7 heteroatoms. The van der Waals surface area contributed by atoms with E-state index in [1.165, 1.54) is 4.57 Å². The van der Waals surface area contributed by atoms with Crippen LogP contribution in [0.15, 0.2) is 33.9 Å². The van der Waals surface area contributed by atoms with Crippen molar-refractivity contribution in [2.45, 2.75) is 38.3 Å². The first kappa shape index (κ1) is 16.4. The van der Waals surface area contributed by atoms with E-state index in [9.17, 15) is 14.4 Å². The summed E-state index contributed by atoms with van der Waals surface area (Å²) >= 11 is 0. The molecule has 1 aromatic heterocycles. The number of nitrogens with two attached hydrogens (primary N) is 1. The van der Waals surface area contributed by atoms with Crippen LogP contribution in [0.2, 0.25) is 0 Å². The number of carbonyl (C=O) groups excluding carboxylic acids is 1. The minimum Gasteiger partial charge on any atom is -0.349 e. The zero-order valence-corrected chi connectivity index (χ0v) is 13.7. The Morgan fingerprint density at radius 3 is 2.75 bits per heavy atom. The predicted octanol–water partition coefficient (Wildman–Crippen LogP) is 0.324. The summed E-state index contributed by atoms with van der Waals surface area (Å²) in [6, 6.07) is 6.86. The number of benzene rings is 1. The van der Waals surface area contributed by atoms with Gasteiger partial charge in [0.1, 0.15) is 0 Å². The summed E-state index contributed by atoms with van der Waals surface area (Å²) in [7, 11) is 0. The molecule has 0 spiro atoms. The molecule has 1 atom stereocenters. The van der Waals surface area contributed by atoms with Crippen LogP contribution in [0.25, 0.3) is 10.9 Å². The third kappa shape index (κ3) is 3.12. The Bertz CT molecular complexity index is 881. The second-order valence-electron chi connectivity index (χ2n) is 6.62. The molecule has 4 N–H and O–H groups in total. The second-order valence-corrected chi connectivity index (χ2v) is 6.62. The van der Waals surface area contributed by atoms with Gasteiger partial charge in [0.05, 0.1) is 16.4 Å². The number of aromatic nitrogens is 2. The number of nitrogens with zero attached hydrogens (tertiary/aromatic N) is 1. The molecule has 1 heterocycles. The molecule has 1 aliphatic carbocycles. The summed E-state index contributed by atoms with van der Waals surface area (Å²) in [5.41, 5.74) is 5.04. The monoisotopic (exact) mass is 330 g/mol. The van der Waals surface area contributed by atoms with Gasteiger partial charge in [-0.15, -0.1) is 0 Å². The number of fused-ring (bicyclic) bond motifs is 1. The van der Waals surface area contributed by atoms with Gasteiger partial charge >= 0.3 is 5.69 Å². The van der Waals surface area contributed by atoms with Gasteiger partial charge in [-0.3, -0.25) is 19.1 Å². The van der Waals surface area contributed by atoms with Crippen LogP contribution < -0.4 is 22.3 Å². The summed E-state index contributed by atoms with van der Waals surface area (Å²) < 4.78 is 1.42. The normalized spacial score (nSPS) is 16.8. The third-order valence-corrected chi connectivity index (χ3v) is 4.79. The van der Waals surface area contributed by atoms with Gasteiger partial charge in [0, 0.05) is 19.5 Å². The van der Waals surface area contributed by atoms with E-state index in [0.717, 1.165) is 12.8 Å². The fourth-order valence-corrected chi connectivity index (χ4v) is 3.10. The number of para-hydroxylation sites is 1. The standard InChI is InChI=1S/C17H22N4O3/c1-17(10-18,11-6-7-11)20-14(22)8-9-21-13-5-3-2-4-12(13)15(23)19-16(21)24/h2-5,11H,6-10,18H2,1H3,(H,20,22)(H,19,23,24). The molecular weight excluding hydrogens is 308 g/mol. The van der Waals surface area contributed by atoms with E-state index in [-0.39, 0.29) is 24.4 Å². The Labute approximate surface area is 138 Å². The lowest BCUT2D eigenvalue weighted by molar-refractivity contribution is -0.123. The van der Waals surface area contributed by atoms with Crippen LogP contribution in [0.5, 0.6) is 0 Å². The van der Waals surface area contributed by atoms with Gasteiger partial charge in [-0.25, -0.2) is 4.79 Å². The Kier molecular flexibility index (Phi) is 4.28. The summed E-state index contributed by atoms with van der Waals surface area (Å²) in [5.74, 6) is 0.292. The van der Waals surface area contributed by atoms with Crippen LogP contribution in [-0.4, -0.2) is 27.5 Å². The van der Waals surface area contributed by atoms with Crippen molar-refractivity contribution in [1.82, 2.24) is 14.9 Å². The van der Waals surface area contributed by atoms with Crippen LogP contribution in [0.1, 0.15) is 26.2 Å². The molecular formula is C17H22N4O3. The van der Waals surface area contributed by atoms with Crippen LogP contribution in [0.3, 0.4) is 0 Å². The molecule has 0 bridgehead atoms. The number of carbonyl (C=O) groups is 1. The molecule has 1 fully saturated rings. The fraction of sp³-hybridized carbons (Fsp3) is 0.471. The number of H-pyrrole nitrogens is 1. The van der Waals surface area contributed by atoms with Gasteiger partial charge in [-0.05, 0) is 37.8 Å². The summed E-state index contributed by atoms with van der Waals surface area (Å²) in [5, 5.41) is 3.44. The topological polar surface area (TPSA) is 110 Å². The van der Waals surface area contributed by atoms with Crippen molar-refractivity contribution in [3.05, 3.63) is 45.1 Å². The molecule has 128 valence electrons. The minimum atomic E-state index is -0.504. The molecule has 0 aliphatic heterocycles. The zero-order chi connectivity index (χ0) is 17.3. The molecule has 1 amide bonds. The van der Waals surface area contributed by atoms with Crippen LogP contribution in [-0.2, 0) is 11.3 Å². The third-order valence-electron chi connectivity index (χ3n) is 4.79. The highest BCUT2D eigenvalue weighted by Crippen LogP contribution is 2.38. The molecule has 3 rings (SSSR count). The van der Waals surface area contributed by atoms with Gasteiger partial charge in [0.2, 0.25) is 5.91 Å². The van der Waals surface area contributed by atoms with Crippen LogP contribution >= 0.6 is 0 Å². The first-order valence-electron chi connectivity index (χ1n) is 8.17. The molecule has 1 aliphatic rings. The number of aryl methyl sites for hydroxylation is 1. The van der Waals surface area contributed by atoms with Crippen molar-refractivity contribution >= 4 is 16.8 Å². The maximum Gasteiger partial charge on any atom is 0.328 e. The molecule has 24 heavy (non-hydrogen) atoms. The van der Waals surface area contributed by atoms with Crippen molar-refractivity contribution < 1.29 is 4.79 Å². The van der Waals surface area contributed by atoms with Gasteiger partial charge < -0.3 is 11.1 Å². The van der Waals surface area contributed by atoms with E-state index in [1.54, 1.807) is 24.3 Å². The molecule has 0 saturated heterocycles. The Morgan fingerprint density at radius 1 is 1.38 bits per heavy atom. The summed E-state index contributed by atoms with van der Waals surface area (Å²) in [6.45, 7) is 2.56. The van der Waals surface area contributed by atoms with Crippen molar-refractivity contribution in [3.63, 3.8) is 0 Å². The van der Waals surface area contributed by atoms with Crippen LogP contribution in [0.4, 0.5) is 0 Å². The fourth-order valence-electron chi connectivity index (χ4n) is 3.10. The highest BCUT2D eigenvalue weighted by atomic mass is 16.2. The maximum atomic E-state index is 12.3. The first-order valence-corrected chi connectivity index (χ1v) is 8.17. The number of rotatable bonds is 6. The lowest BCUT2D eigenvalue weighted by Crippen LogP contribution is -2.53. The lowest BCUT2D eigenvalue weighted by Gasteiger charge is -2.29. The van der Waals surface area contributed by atoms with Crippen molar-refractivity contribution in [2.75, 3.05) is 6.54 Å². The average Bonchev–Trinajstić information content (AvgIpc) is 3.40. The van der Waals surface area contributed by atoms with E-state index in [4.69, 9.17) is 5.73 Å². The molecule has 1 saturated carbocycles. The van der Waals surface area contributed by atoms with Crippen molar-refractivity contribution in [1.29, 1.82) is 0 Å². The highest BCUT2D eigenvalue weighted by Gasteiger charge is 2.41.